The van der Waals surface area contributed by atoms with Crippen LogP contribution >= 0.6 is 0 Å². The van der Waals surface area contributed by atoms with Gasteiger partial charge in [0.2, 0.25) is 21.8 Å². The van der Waals surface area contributed by atoms with Gasteiger partial charge in [0.15, 0.2) is 0 Å². The van der Waals surface area contributed by atoms with Crippen molar-refractivity contribution in [1.82, 2.24) is 14.5 Å². The lowest BCUT2D eigenvalue weighted by molar-refractivity contribution is -0.141. The van der Waals surface area contributed by atoms with E-state index in [9.17, 15) is 22.4 Å². The number of amides is 2. The lowest BCUT2D eigenvalue weighted by Crippen LogP contribution is -2.47. The summed E-state index contributed by atoms with van der Waals surface area (Å²) in [6.07, 6.45) is 1.68. The molecule has 2 rings (SSSR count). The van der Waals surface area contributed by atoms with Gasteiger partial charge in [-0.3, -0.25) is 9.59 Å². The summed E-state index contributed by atoms with van der Waals surface area (Å²) in [6.45, 7) is 4.22. The van der Waals surface area contributed by atoms with Crippen molar-refractivity contribution in [2.75, 3.05) is 33.0 Å². The molecule has 0 radical (unpaired) electrons. The Kier molecular flexibility index (Phi) is 10.8. The van der Waals surface area contributed by atoms with E-state index in [1.54, 1.807) is 30.3 Å². The molecule has 0 saturated carbocycles. The molecule has 192 valence electrons. The zero-order chi connectivity index (χ0) is 26.0. The van der Waals surface area contributed by atoms with Crippen LogP contribution in [0.5, 0.6) is 0 Å². The van der Waals surface area contributed by atoms with Gasteiger partial charge < -0.3 is 15.0 Å². The molecular formula is C25H34FN3O5S. The topological polar surface area (TPSA) is 96.0 Å². The highest BCUT2D eigenvalue weighted by atomic mass is 32.2. The highest BCUT2D eigenvalue weighted by Gasteiger charge is 2.32. The summed E-state index contributed by atoms with van der Waals surface area (Å²) in [7, 11) is -2.33. The van der Waals surface area contributed by atoms with Gasteiger partial charge in [-0.2, -0.15) is 4.31 Å². The first-order valence-electron chi connectivity index (χ1n) is 11.4. The zero-order valence-electron chi connectivity index (χ0n) is 20.6. The Balaban J connectivity index is 2.36. The Bertz CT molecular complexity index is 1060. The van der Waals surface area contributed by atoms with Crippen LogP contribution in [0, 0.1) is 5.82 Å². The number of nitrogens with one attached hydrogen (secondary N) is 1. The van der Waals surface area contributed by atoms with Crippen molar-refractivity contribution in [1.29, 1.82) is 0 Å². The Morgan fingerprint density at radius 2 is 1.69 bits per heavy atom. The molecule has 8 nitrogen and oxygen atoms in total. The summed E-state index contributed by atoms with van der Waals surface area (Å²) in [6, 6.07) is 13.4. The van der Waals surface area contributed by atoms with Gasteiger partial charge in [0.25, 0.3) is 0 Å². The molecule has 2 aromatic rings. The molecule has 1 atom stereocenters. The van der Waals surface area contributed by atoms with Gasteiger partial charge in [0.1, 0.15) is 11.9 Å². The van der Waals surface area contributed by atoms with Crippen molar-refractivity contribution in [3.63, 3.8) is 0 Å². The lowest BCUT2D eigenvalue weighted by Gasteiger charge is -2.32. The largest absolute Gasteiger partial charge is 0.379 e. The molecule has 35 heavy (non-hydrogen) atoms. The normalized spacial score (nSPS) is 12.5. The zero-order valence-corrected chi connectivity index (χ0v) is 21.4. The third kappa shape index (κ3) is 9.39. The average molecular weight is 508 g/mol. The predicted octanol–water partition coefficient (Wildman–Crippen LogP) is 2.72. The summed E-state index contributed by atoms with van der Waals surface area (Å²) < 4.78 is 43.8. The van der Waals surface area contributed by atoms with Crippen LogP contribution in [0.2, 0.25) is 0 Å². The second-order valence-corrected chi connectivity index (χ2v) is 10.6. The second kappa shape index (κ2) is 13.3. The van der Waals surface area contributed by atoms with E-state index < -0.39 is 40.2 Å². The lowest BCUT2D eigenvalue weighted by atomic mass is 10.0. The SMILES string of the molecule is CC(C)OCCCNC(=O)C(c1ccccc1)N(Cc1ccc(F)cc1)C(=O)CN(C)S(C)(=O)=O. The van der Waals surface area contributed by atoms with Gasteiger partial charge >= 0.3 is 0 Å². The minimum absolute atomic E-state index is 0.0137. The summed E-state index contributed by atoms with van der Waals surface area (Å²) >= 11 is 0. The summed E-state index contributed by atoms with van der Waals surface area (Å²) in [5.41, 5.74) is 1.17. The Hall–Kier alpha value is -2.82. The predicted molar refractivity (Wildman–Crippen MR) is 132 cm³/mol. The van der Waals surface area contributed by atoms with Crippen LogP contribution in [0.25, 0.3) is 0 Å². The molecule has 1 N–H and O–H groups in total. The molecule has 0 bridgehead atoms. The number of nitrogens with zero attached hydrogens (tertiary/aromatic N) is 2. The summed E-state index contributed by atoms with van der Waals surface area (Å²) in [5.74, 6) is -1.39. The standard InChI is InChI=1S/C25H34FN3O5S/c1-19(2)34-16-8-15-27-25(31)24(21-9-6-5-7-10-21)29(17-20-11-13-22(26)14-12-20)23(30)18-28(3)35(4,32)33/h5-7,9-14,19,24H,8,15-18H2,1-4H3,(H,27,31). The van der Waals surface area contributed by atoms with E-state index in [4.69, 9.17) is 4.74 Å². The van der Waals surface area contributed by atoms with Crippen LogP contribution in [-0.4, -0.2) is 68.5 Å². The van der Waals surface area contributed by atoms with Crippen molar-refractivity contribution < 1.29 is 27.1 Å². The molecular weight excluding hydrogens is 473 g/mol. The molecule has 2 aromatic carbocycles. The minimum Gasteiger partial charge on any atom is -0.379 e. The highest BCUT2D eigenvalue weighted by molar-refractivity contribution is 7.88. The minimum atomic E-state index is -3.63. The van der Waals surface area contributed by atoms with Crippen molar-refractivity contribution in [2.45, 2.75) is 39.0 Å². The number of ether oxygens (including phenoxy) is 1. The summed E-state index contributed by atoms with van der Waals surface area (Å²) in [4.78, 5) is 28.1. The van der Waals surface area contributed by atoms with E-state index in [0.29, 0.717) is 30.7 Å². The third-order valence-corrected chi connectivity index (χ3v) is 6.52. The van der Waals surface area contributed by atoms with Crippen LogP contribution in [0.15, 0.2) is 54.6 Å². The van der Waals surface area contributed by atoms with Gasteiger partial charge in [-0.05, 0) is 43.5 Å². The van der Waals surface area contributed by atoms with Crippen molar-refractivity contribution in [3.05, 3.63) is 71.5 Å². The fourth-order valence-electron chi connectivity index (χ4n) is 3.32. The molecule has 1 unspecified atom stereocenters. The molecule has 0 aromatic heterocycles. The van der Waals surface area contributed by atoms with Crippen LogP contribution in [-0.2, 0) is 30.9 Å². The van der Waals surface area contributed by atoms with Gasteiger partial charge in [0.05, 0.1) is 18.9 Å². The molecule has 0 fully saturated rings. The fraction of sp³-hybridized carbons (Fsp3) is 0.440. The number of hydrogen-bond donors (Lipinski definition) is 1. The number of sulfonamides is 1. The number of rotatable bonds is 13. The average Bonchev–Trinajstić information content (AvgIpc) is 2.79. The first-order valence-corrected chi connectivity index (χ1v) is 13.2. The number of halogens is 1. The van der Waals surface area contributed by atoms with E-state index in [0.717, 1.165) is 10.6 Å². The maximum absolute atomic E-state index is 13.5. The number of hydrogen-bond acceptors (Lipinski definition) is 5. The third-order valence-electron chi connectivity index (χ3n) is 5.26. The molecule has 0 aliphatic carbocycles. The van der Waals surface area contributed by atoms with Crippen molar-refractivity contribution in [3.8, 4) is 0 Å². The van der Waals surface area contributed by atoms with Crippen LogP contribution in [0.4, 0.5) is 4.39 Å². The van der Waals surface area contributed by atoms with E-state index in [1.165, 1.54) is 36.2 Å². The smallest absolute Gasteiger partial charge is 0.247 e. The van der Waals surface area contributed by atoms with E-state index >= 15 is 0 Å². The summed E-state index contributed by atoms with van der Waals surface area (Å²) in [5, 5.41) is 2.86. The Morgan fingerprint density at radius 3 is 2.26 bits per heavy atom. The van der Waals surface area contributed by atoms with Crippen LogP contribution in [0.1, 0.15) is 37.4 Å². The highest BCUT2D eigenvalue weighted by Crippen LogP contribution is 2.24. The van der Waals surface area contributed by atoms with Crippen molar-refractivity contribution >= 4 is 21.8 Å². The fourth-order valence-corrected chi connectivity index (χ4v) is 3.66. The molecule has 2 amide bonds. The molecule has 0 aliphatic heterocycles. The Morgan fingerprint density at radius 1 is 1.06 bits per heavy atom. The van der Waals surface area contributed by atoms with E-state index in [-0.39, 0.29) is 12.6 Å². The molecule has 0 saturated heterocycles. The second-order valence-electron chi connectivity index (χ2n) is 8.54. The van der Waals surface area contributed by atoms with Gasteiger partial charge in [0, 0.05) is 26.7 Å². The van der Waals surface area contributed by atoms with Crippen LogP contribution < -0.4 is 5.32 Å². The first kappa shape index (κ1) is 28.4. The molecule has 0 heterocycles. The van der Waals surface area contributed by atoms with E-state index in [2.05, 4.69) is 5.32 Å². The van der Waals surface area contributed by atoms with E-state index in [1.807, 2.05) is 13.8 Å². The van der Waals surface area contributed by atoms with Gasteiger partial charge in [-0.15, -0.1) is 0 Å². The first-order chi connectivity index (χ1) is 16.5. The monoisotopic (exact) mass is 507 g/mol. The molecule has 10 heteroatoms. The Labute approximate surface area is 207 Å². The van der Waals surface area contributed by atoms with Crippen molar-refractivity contribution in [2.24, 2.45) is 0 Å². The molecule has 0 aliphatic rings. The maximum atomic E-state index is 13.5. The number of likely N-dealkylation sites (N-methyl/N-ethyl adjacent to an activating group) is 1. The maximum Gasteiger partial charge on any atom is 0.247 e. The molecule has 0 spiro atoms. The quantitative estimate of drug-likeness (QED) is 0.421. The number of carbonyl (C=O) groups is 2. The number of carbonyl (C=O) groups excluding carboxylic acids is 2. The number of benzene rings is 2. The van der Waals surface area contributed by atoms with Gasteiger partial charge in [-0.25, -0.2) is 12.8 Å². The van der Waals surface area contributed by atoms with Gasteiger partial charge in [-0.1, -0.05) is 42.5 Å². The van der Waals surface area contributed by atoms with Crippen LogP contribution in [0.3, 0.4) is 0 Å².